The van der Waals surface area contributed by atoms with Gasteiger partial charge >= 0.3 is 0 Å². The topological polar surface area (TPSA) is 86.8 Å². The van der Waals surface area contributed by atoms with E-state index in [1.807, 2.05) is 40.9 Å². The molecular formula is C22H22N6O3. The summed E-state index contributed by atoms with van der Waals surface area (Å²) in [5.74, 6) is 0.824. The van der Waals surface area contributed by atoms with Crippen molar-refractivity contribution < 1.29 is 14.3 Å². The molecule has 0 bridgehead atoms. The van der Waals surface area contributed by atoms with Crippen LogP contribution in [-0.2, 0) is 11.8 Å². The number of morpholine rings is 1. The summed E-state index contributed by atoms with van der Waals surface area (Å²) in [7, 11) is 3.40. The number of carbonyl (C=O) groups excluding carboxylic acids is 1. The van der Waals surface area contributed by atoms with Crippen LogP contribution in [0.4, 0.5) is 0 Å². The quantitative estimate of drug-likeness (QED) is 0.506. The van der Waals surface area contributed by atoms with E-state index in [2.05, 4.69) is 21.1 Å². The van der Waals surface area contributed by atoms with Crippen molar-refractivity contribution in [3.05, 3.63) is 66.8 Å². The molecule has 0 saturated carbocycles. The number of amides is 1. The van der Waals surface area contributed by atoms with Gasteiger partial charge in [0, 0.05) is 19.8 Å². The molecule has 1 unspecified atom stereocenters. The predicted octanol–water partition coefficient (Wildman–Crippen LogP) is 2.35. The van der Waals surface area contributed by atoms with Gasteiger partial charge < -0.3 is 18.8 Å². The van der Waals surface area contributed by atoms with Crippen LogP contribution >= 0.6 is 0 Å². The highest BCUT2D eigenvalue weighted by Crippen LogP contribution is 2.28. The van der Waals surface area contributed by atoms with Crippen LogP contribution < -0.4 is 4.74 Å². The third kappa shape index (κ3) is 3.64. The lowest BCUT2D eigenvalue weighted by Gasteiger charge is -2.31. The Morgan fingerprint density at radius 3 is 2.65 bits per heavy atom. The number of benzene rings is 1. The van der Waals surface area contributed by atoms with Crippen molar-refractivity contribution in [1.82, 2.24) is 29.0 Å². The molecule has 9 heteroatoms. The van der Waals surface area contributed by atoms with E-state index < -0.39 is 0 Å². The van der Waals surface area contributed by atoms with Crippen LogP contribution in [0.5, 0.6) is 5.75 Å². The Bertz CT molecular complexity index is 1230. The number of aryl methyl sites for hydroxylation is 1. The monoisotopic (exact) mass is 418 g/mol. The van der Waals surface area contributed by atoms with Gasteiger partial charge in [-0.1, -0.05) is 18.2 Å². The van der Waals surface area contributed by atoms with Crippen LogP contribution in [0.1, 0.15) is 22.4 Å². The molecule has 1 atom stereocenters. The average molecular weight is 418 g/mol. The van der Waals surface area contributed by atoms with Crippen LogP contribution in [0.2, 0.25) is 0 Å². The van der Waals surface area contributed by atoms with Crippen molar-refractivity contribution >= 4 is 11.4 Å². The van der Waals surface area contributed by atoms with E-state index in [1.165, 1.54) is 11.0 Å². The summed E-state index contributed by atoms with van der Waals surface area (Å²) < 4.78 is 14.7. The fraction of sp³-hybridized carbons (Fsp3) is 0.273. The SMILES string of the molecule is COc1ccc(-c2ccc3c(C4CN(C(=O)c5ncn(C)n5)CCO4)ncn3c2)cc1. The van der Waals surface area contributed by atoms with Crippen molar-refractivity contribution in [3.8, 4) is 16.9 Å². The molecule has 1 saturated heterocycles. The van der Waals surface area contributed by atoms with Gasteiger partial charge in [-0.05, 0) is 29.3 Å². The van der Waals surface area contributed by atoms with Crippen LogP contribution in [0, 0.1) is 0 Å². The minimum Gasteiger partial charge on any atom is -0.497 e. The number of hydrogen-bond acceptors (Lipinski definition) is 6. The maximum Gasteiger partial charge on any atom is 0.293 e. The summed E-state index contributed by atoms with van der Waals surface area (Å²) in [6.07, 6.45) is 5.03. The Morgan fingerprint density at radius 1 is 1.10 bits per heavy atom. The molecule has 1 aliphatic rings. The first-order chi connectivity index (χ1) is 15.1. The molecular weight excluding hydrogens is 396 g/mol. The van der Waals surface area contributed by atoms with Crippen molar-refractivity contribution in [2.45, 2.75) is 6.10 Å². The first kappa shape index (κ1) is 19.3. The lowest BCUT2D eigenvalue weighted by Crippen LogP contribution is -2.42. The number of pyridine rings is 1. The van der Waals surface area contributed by atoms with Gasteiger partial charge in [0.25, 0.3) is 5.91 Å². The summed E-state index contributed by atoms with van der Waals surface area (Å²) in [4.78, 5) is 23.1. The van der Waals surface area contributed by atoms with E-state index in [4.69, 9.17) is 9.47 Å². The molecule has 4 aromatic rings. The molecule has 9 nitrogen and oxygen atoms in total. The fourth-order valence-electron chi connectivity index (χ4n) is 3.80. The van der Waals surface area contributed by atoms with E-state index >= 15 is 0 Å². The normalized spacial score (nSPS) is 16.6. The van der Waals surface area contributed by atoms with Gasteiger partial charge in [0.1, 0.15) is 18.2 Å². The second kappa shape index (κ2) is 7.84. The van der Waals surface area contributed by atoms with Gasteiger partial charge in [-0.15, -0.1) is 5.10 Å². The molecule has 1 aromatic carbocycles. The summed E-state index contributed by atoms with van der Waals surface area (Å²) in [6, 6.07) is 12.0. The molecule has 0 spiro atoms. The summed E-state index contributed by atoms with van der Waals surface area (Å²) >= 11 is 0. The number of rotatable bonds is 4. The van der Waals surface area contributed by atoms with Gasteiger partial charge in [0.15, 0.2) is 0 Å². The summed E-state index contributed by atoms with van der Waals surface area (Å²) in [6.45, 7) is 1.34. The maximum absolute atomic E-state index is 12.7. The van der Waals surface area contributed by atoms with Crippen molar-refractivity contribution in [2.75, 3.05) is 26.8 Å². The second-order valence-corrected chi connectivity index (χ2v) is 7.42. The molecule has 0 aliphatic carbocycles. The van der Waals surface area contributed by atoms with Gasteiger partial charge in [-0.3, -0.25) is 9.48 Å². The lowest BCUT2D eigenvalue weighted by molar-refractivity contribution is -0.0243. The van der Waals surface area contributed by atoms with E-state index in [0.29, 0.717) is 19.7 Å². The Labute approximate surface area is 178 Å². The van der Waals surface area contributed by atoms with E-state index in [-0.39, 0.29) is 17.8 Å². The smallest absolute Gasteiger partial charge is 0.293 e. The third-order valence-electron chi connectivity index (χ3n) is 5.43. The van der Waals surface area contributed by atoms with Crippen molar-refractivity contribution in [2.24, 2.45) is 7.05 Å². The molecule has 1 fully saturated rings. The Balaban J connectivity index is 1.39. The van der Waals surface area contributed by atoms with Gasteiger partial charge in [-0.2, -0.15) is 0 Å². The molecule has 31 heavy (non-hydrogen) atoms. The predicted molar refractivity (Wildman–Crippen MR) is 113 cm³/mol. The standard InChI is InChI=1S/C22H22N6O3/c1-26-13-24-21(25-26)22(29)27-9-10-31-19(12-27)20-18-8-5-16(11-28(18)14-23-20)15-3-6-17(30-2)7-4-15/h3-8,11,13-14,19H,9-10,12H2,1-2H3. The lowest BCUT2D eigenvalue weighted by atomic mass is 10.1. The highest BCUT2D eigenvalue weighted by Gasteiger charge is 2.30. The highest BCUT2D eigenvalue weighted by atomic mass is 16.5. The summed E-state index contributed by atoms with van der Waals surface area (Å²) in [5, 5.41) is 4.12. The first-order valence-corrected chi connectivity index (χ1v) is 10.00. The number of ether oxygens (including phenoxy) is 2. The van der Waals surface area contributed by atoms with Crippen LogP contribution in [0.3, 0.4) is 0 Å². The number of nitrogens with zero attached hydrogens (tertiary/aromatic N) is 6. The highest BCUT2D eigenvalue weighted by molar-refractivity contribution is 5.90. The number of hydrogen-bond donors (Lipinski definition) is 0. The fourth-order valence-corrected chi connectivity index (χ4v) is 3.80. The first-order valence-electron chi connectivity index (χ1n) is 10.00. The van der Waals surface area contributed by atoms with Crippen LogP contribution in [0.25, 0.3) is 16.6 Å². The van der Waals surface area contributed by atoms with Crippen molar-refractivity contribution in [1.29, 1.82) is 0 Å². The van der Waals surface area contributed by atoms with Gasteiger partial charge in [0.2, 0.25) is 5.82 Å². The second-order valence-electron chi connectivity index (χ2n) is 7.42. The molecule has 158 valence electrons. The van der Waals surface area contributed by atoms with Crippen LogP contribution in [-0.4, -0.2) is 61.8 Å². The Hall–Kier alpha value is -3.72. The zero-order valence-corrected chi connectivity index (χ0v) is 17.3. The summed E-state index contributed by atoms with van der Waals surface area (Å²) in [5.41, 5.74) is 3.92. The third-order valence-corrected chi connectivity index (χ3v) is 5.43. The average Bonchev–Trinajstić information content (AvgIpc) is 3.44. The molecule has 1 amide bonds. The van der Waals surface area contributed by atoms with Crippen LogP contribution in [0.15, 0.2) is 55.2 Å². The maximum atomic E-state index is 12.7. The zero-order chi connectivity index (χ0) is 21.4. The largest absolute Gasteiger partial charge is 0.497 e. The molecule has 3 aromatic heterocycles. The molecule has 1 aliphatic heterocycles. The number of carbonyl (C=O) groups is 1. The minimum absolute atomic E-state index is 0.195. The molecule has 0 radical (unpaired) electrons. The molecule has 5 rings (SSSR count). The zero-order valence-electron chi connectivity index (χ0n) is 17.3. The van der Waals surface area contributed by atoms with E-state index in [0.717, 1.165) is 28.1 Å². The Kier molecular flexibility index (Phi) is 4.87. The minimum atomic E-state index is -0.307. The number of imidazole rings is 1. The number of aromatic nitrogens is 5. The number of fused-ring (bicyclic) bond motifs is 1. The molecule has 4 heterocycles. The van der Waals surface area contributed by atoms with Crippen molar-refractivity contribution in [3.63, 3.8) is 0 Å². The number of methoxy groups -OCH3 is 1. The molecule has 0 N–H and O–H groups in total. The van der Waals surface area contributed by atoms with Gasteiger partial charge in [-0.25, -0.2) is 9.97 Å². The van der Waals surface area contributed by atoms with E-state index in [1.54, 1.807) is 25.4 Å². The van der Waals surface area contributed by atoms with E-state index in [9.17, 15) is 4.79 Å². The Morgan fingerprint density at radius 2 is 1.90 bits per heavy atom. The van der Waals surface area contributed by atoms with Gasteiger partial charge in [0.05, 0.1) is 37.8 Å².